The number of urea groups is 1. The third-order valence-electron chi connectivity index (χ3n) is 5.04. The van der Waals surface area contributed by atoms with Crippen LogP contribution in [-0.2, 0) is 9.59 Å². The minimum atomic E-state index is -1.26. The summed E-state index contributed by atoms with van der Waals surface area (Å²) in [6.45, 7) is 0. The molecule has 4 unspecified atom stereocenters. The largest absolute Gasteiger partial charge is 0.480 e. The van der Waals surface area contributed by atoms with Gasteiger partial charge in [0.2, 0.25) is 5.91 Å². The van der Waals surface area contributed by atoms with Crippen LogP contribution in [0.25, 0.3) is 0 Å². The molecule has 3 saturated carbocycles. The summed E-state index contributed by atoms with van der Waals surface area (Å²) >= 11 is 0. The predicted molar refractivity (Wildman–Crippen MR) is 68.5 cm³/mol. The molecule has 0 aromatic rings. The van der Waals surface area contributed by atoms with Crippen LogP contribution in [0.1, 0.15) is 25.7 Å². The number of carbonyl (C=O) groups is 3. The average Bonchev–Trinajstić information content (AvgIpc) is 2.76. The Balaban J connectivity index is 1.50. The van der Waals surface area contributed by atoms with Crippen LogP contribution in [0.15, 0.2) is 0 Å². The van der Waals surface area contributed by atoms with Crippen LogP contribution < -0.4 is 16.4 Å². The van der Waals surface area contributed by atoms with Crippen molar-refractivity contribution in [3.63, 3.8) is 0 Å². The molecule has 2 bridgehead atoms. The number of hydrogen-bond acceptors (Lipinski definition) is 3. The summed E-state index contributed by atoms with van der Waals surface area (Å²) in [6.07, 6.45) is 3.40. The van der Waals surface area contributed by atoms with E-state index in [4.69, 9.17) is 10.8 Å². The molecule has 7 heteroatoms. The van der Waals surface area contributed by atoms with Gasteiger partial charge in [-0.25, -0.2) is 9.59 Å². The summed E-state index contributed by atoms with van der Waals surface area (Å²) in [5.41, 5.74) is 4.97. The summed E-state index contributed by atoms with van der Waals surface area (Å²) in [7, 11) is 0. The van der Waals surface area contributed by atoms with E-state index in [0.29, 0.717) is 11.8 Å². The van der Waals surface area contributed by atoms with Crippen molar-refractivity contribution >= 4 is 17.9 Å². The number of nitrogens with two attached hydrogens (primary N) is 1. The molecule has 3 aliphatic rings. The van der Waals surface area contributed by atoms with E-state index >= 15 is 0 Å². The Kier molecular flexibility index (Phi) is 3.07. The molecule has 7 nitrogen and oxygen atoms in total. The molecule has 20 heavy (non-hydrogen) atoms. The van der Waals surface area contributed by atoms with E-state index in [-0.39, 0.29) is 6.04 Å². The van der Waals surface area contributed by atoms with E-state index in [1.54, 1.807) is 0 Å². The van der Waals surface area contributed by atoms with E-state index < -0.39 is 30.4 Å². The van der Waals surface area contributed by atoms with Gasteiger partial charge < -0.3 is 21.5 Å². The van der Waals surface area contributed by atoms with E-state index in [1.807, 2.05) is 0 Å². The van der Waals surface area contributed by atoms with Crippen LogP contribution >= 0.6 is 0 Å². The fraction of sp³-hybridized carbons (Fsp3) is 0.769. The van der Waals surface area contributed by atoms with E-state index in [1.165, 1.54) is 19.3 Å². The van der Waals surface area contributed by atoms with Gasteiger partial charge in [-0.05, 0) is 42.9 Å². The van der Waals surface area contributed by atoms with Crippen LogP contribution in [0.3, 0.4) is 0 Å². The number of carboxylic acid groups (broad SMARTS) is 1. The lowest BCUT2D eigenvalue weighted by atomic mass is 10.0. The van der Waals surface area contributed by atoms with Gasteiger partial charge in [-0.15, -0.1) is 0 Å². The zero-order chi connectivity index (χ0) is 14.4. The van der Waals surface area contributed by atoms with Crippen molar-refractivity contribution in [1.82, 2.24) is 10.6 Å². The Hall–Kier alpha value is -1.79. The zero-order valence-electron chi connectivity index (χ0n) is 11.0. The number of carbonyl (C=O) groups excluding carboxylic acids is 2. The minimum Gasteiger partial charge on any atom is -0.480 e. The Morgan fingerprint density at radius 3 is 2.30 bits per heavy atom. The maximum Gasteiger partial charge on any atom is 0.326 e. The van der Waals surface area contributed by atoms with Gasteiger partial charge in [-0.1, -0.05) is 0 Å². The fourth-order valence-corrected chi connectivity index (χ4v) is 4.27. The second-order valence-electron chi connectivity index (χ2n) is 6.19. The Morgan fingerprint density at radius 1 is 1.20 bits per heavy atom. The number of primary amides is 1. The zero-order valence-corrected chi connectivity index (χ0v) is 11.0. The van der Waals surface area contributed by atoms with Crippen molar-refractivity contribution in [2.45, 2.75) is 37.8 Å². The van der Waals surface area contributed by atoms with E-state index in [0.717, 1.165) is 11.8 Å². The molecule has 3 amide bonds. The van der Waals surface area contributed by atoms with Crippen LogP contribution in [0.2, 0.25) is 0 Å². The van der Waals surface area contributed by atoms with Crippen molar-refractivity contribution in [2.75, 3.05) is 0 Å². The molecule has 3 aliphatic carbocycles. The van der Waals surface area contributed by atoms with Gasteiger partial charge in [-0.3, -0.25) is 4.79 Å². The van der Waals surface area contributed by atoms with Gasteiger partial charge in [0.15, 0.2) is 0 Å². The normalized spacial score (nSPS) is 37.9. The molecule has 0 heterocycles. The Morgan fingerprint density at radius 2 is 1.80 bits per heavy atom. The van der Waals surface area contributed by atoms with Gasteiger partial charge in [0, 0.05) is 6.04 Å². The first-order chi connectivity index (χ1) is 9.47. The standard InChI is InChI=1S/C13H19N3O4/c14-8(17)4-7(12(18)19)15-13(20)16-11-9-5-1-2-6(3-5)10(9)11/h5-7,9-11H,1-4H2,(H2,14,17)(H,18,19)(H2,15,16,20)/t5?,6?,7-,9?,10?,11?/m1/s1. The molecular formula is C13H19N3O4. The quantitative estimate of drug-likeness (QED) is 0.550. The summed E-state index contributed by atoms with van der Waals surface area (Å²) in [5.74, 6) is 0.624. The number of nitrogens with one attached hydrogen (secondary N) is 2. The molecule has 0 spiro atoms. The Bertz CT molecular complexity index is 451. The van der Waals surface area contributed by atoms with Gasteiger partial charge in [0.05, 0.1) is 6.42 Å². The SMILES string of the molecule is NC(=O)C[C@@H](NC(=O)NC1C2C3CCC(C3)C12)C(=O)O. The molecule has 3 fully saturated rings. The van der Waals surface area contributed by atoms with Crippen LogP contribution in [0, 0.1) is 23.7 Å². The molecule has 5 atom stereocenters. The summed E-state index contributed by atoms with van der Waals surface area (Å²) < 4.78 is 0. The average molecular weight is 281 g/mol. The third kappa shape index (κ3) is 2.21. The molecule has 3 rings (SSSR count). The highest BCUT2D eigenvalue weighted by Gasteiger charge is 2.65. The molecule has 0 radical (unpaired) electrons. The van der Waals surface area contributed by atoms with Crippen LogP contribution in [0.5, 0.6) is 0 Å². The first kappa shape index (κ1) is 13.2. The van der Waals surface area contributed by atoms with E-state index in [9.17, 15) is 14.4 Å². The smallest absolute Gasteiger partial charge is 0.326 e. The fourth-order valence-electron chi connectivity index (χ4n) is 4.27. The van der Waals surface area contributed by atoms with Gasteiger partial charge >= 0.3 is 12.0 Å². The number of aliphatic carboxylic acids is 1. The number of fused-ring (bicyclic) bond motifs is 5. The number of rotatable bonds is 5. The molecule has 0 saturated heterocycles. The highest BCUT2D eigenvalue weighted by Crippen LogP contribution is 2.65. The summed E-state index contributed by atoms with van der Waals surface area (Å²) in [6, 6.07) is -1.59. The predicted octanol–water partition coefficient (Wildman–Crippen LogP) is -0.341. The van der Waals surface area contributed by atoms with Crippen molar-refractivity contribution in [1.29, 1.82) is 0 Å². The third-order valence-corrected chi connectivity index (χ3v) is 5.04. The summed E-state index contributed by atoms with van der Waals surface area (Å²) in [5, 5.41) is 14.1. The van der Waals surface area contributed by atoms with Crippen LogP contribution in [0.4, 0.5) is 4.79 Å². The lowest BCUT2D eigenvalue weighted by Crippen LogP contribution is -2.48. The van der Waals surface area contributed by atoms with Gasteiger partial charge in [0.25, 0.3) is 0 Å². The number of amides is 3. The van der Waals surface area contributed by atoms with Crippen molar-refractivity contribution < 1.29 is 19.5 Å². The maximum absolute atomic E-state index is 11.8. The lowest BCUT2D eigenvalue weighted by molar-refractivity contribution is -0.140. The lowest BCUT2D eigenvalue weighted by Gasteiger charge is -2.15. The molecule has 5 N–H and O–H groups in total. The highest BCUT2D eigenvalue weighted by molar-refractivity contribution is 5.87. The van der Waals surface area contributed by atoms with Crippen molar-refractivity contribution in [3.8, 4) is 0 Å². The molecule has 0 aromatic carbocycles. The molecular weight excluding hydrogens is 262 g/mol. The van der Waals surface area contributed by atoms with Crippen molar-refractivity contribution in [2.24, 2.45) is 29.4 Å². The summed E-state index contributed by atoms with van der Waals surface area (Å²) in [4.78, 5) is 33.5. The number of carboxylic acids is 1. The van der Waals surface area contributed by atoms with Crippen LogP contribution in [-0.4, -0.2) is 35.1 Å². The first-order valence-corrected chi connectivity index (χ1v) is 7.05. The second-order valence-corrected chi connectivity index (χ2v) is 6.19. The van der Waals surface area contributed by atoms with Gasteiger partial charge in [0.1, 0.15) is 6.04 Å². The Labute approximate surface area is 116 Å². The first-order valence-electron chi connectivity index (χ1n) is 7.05. The molecule has 0 aliphatic heterocycles. The highest BCUT2D eigenvalue weighted by atomic mass is 16.4. The number of hydrogen-bond donors (Lipinski definition) is 4. The minimum absolute atomic E-state index is 0.185. The maximum atomic E-state index is 11.8. The molecule has 0 aromatic heterocycles. The molecule has 110 valence electrons. The van der Waals surface area contributed by atoms with Crippen molar-refractivity contribution in [3.05, 3.63) is 0 Å². The second kappa shape index (κ2) is 4.64. The topological polar surface area (TPSA) is 122 Å². The monoisotopic (exact) mass is 281 g/mol. The van der Waals surface area contributed by atoms with E-state index in [2.05, 4.69) is 10.6 Å². The van der Waals surface area contributed by atoms with Gasteiger partial charge in [-0.2, -0.15) is 0 Å².